The number of unbranched alkanes of at least 4 members (excludes halogenated alkanes) is 6. The summed E-state index contributed by atoms with van der Waals surface area (Å²) in [6, 6.07) is 0. The van der Waals surface area contributed by atoms with Gasteiger partial charge in [-0.2, -0.15) is 0 Å². The summed E-state index contributed by atoms with van der Waals surface area (Å²) in [6.07, 6.45) is 10.3. The first-order chi connectivity index (χ1) is 5.41. The molecule has 11 heavy (non-hydrogen) atoms. The van der Waals surface area contributed by atoms with Crippen molar-refractivity contribution in [2.45, 2.75) is 57.2 Å². The molecule has 0 aliphatic heterocycles. The fraction of sp³-hybridized carbons (Fsp3) is 1.00. The van der Waals surface area contributed by atoms with Crippen LogP contribution in [0.5, 0.6) is 0 Å². The van der Waals surface area contributed by atoms with Crippen molar-refractivity contribution >= 4 is 35.9 Å². The van der Waals surface area contributed by atoms with E-state index in [-0.39, 0.29) is 0 Å². The minimum absolute atomic E-state index is 1.06. The average Bonchev–Trinajstić information content (AvgIpc) is 2.03. The molecule has 0 amide bonds. The van der Waals surface area contributed by atoms with Crippen molar-refractivity contribution in [3.8, 4) is 0 Å². The molecule has 0 unspecified atom stereocenters. The van der Waals surface area contributed by atoms with Gasteiger partial charge in [-0.1, -0.05) is 0 Å². The number of hydrogen-bond acceptors (Lipinski definition) is 0. The van der Waals surface area contributed by atoms with Crippen LogP contribution in [0.4, 0.5) is 0 Å². The summed E-state index contributed by atoms with van der Waals surface area (Å²) in [5.74, 6) is 0. The molecule has 2 heteroatoms. The fourth-order valence-electron chi connectivity index (χ4n) is 1.20. The normalized spacial score (nSPS) is 10.5. The van der Waals surface area contributed by atoms with Gasteiger partial charge in [-0.15, -0.1) is 0 Å². The Morgan fingerprint density at radius 3 is 2.00 bits per heavy atom. The fourth-order valence-corrected chi connectivity index (χ4v) is 3.74. The van der Waals surface area contributed by atoms with Gasteiger partial charge in [-0.05, 0) is 0 Å². The van der Waals surface area contributed by atoms with Crippen molar-refractivity contribution in [1.29, 1.82) is 0 Å². The second-order valence-electron chi connectivity index (χ2n) is 3.11. The van der Waals surface area contributed by atoms with Gasteiger partial charge in [-0.3, -0.25) is 0 Å². The summed E-state index contributed by atoms with van der Waals surface area (Å²) in [4.78, 5) is 0. The predicted molar refractivity (Wildman–Crippen MR) is 54.3 cm³/mol. The Kier molecular flexibility index (Phi) is 13.1. The molecule has 0 N–H and O–H groups in total. The zero-order chi connectivity index (χ0) is 8.36. The first-order valence-electron chi connectivity index (χ1n) is 4.90. The Labute approximate surface area is 92.3 Å². The van der Waals surface area contributed by atoms with Gasteiger partial charge in [0.2, 0.25) is 0 Å². The first-order valence-corrected chi connectivity index (χ1v) is 12.1. The first kappa shape index (κ1) is 12.5. The van der Waals surface area contributed by atoms with E-state index in [1.807, 2.05) is 0 Å². The van der Waals surface area contributed by atoms with Gasteiger partial charge < -0.3 is 0 Å². The van der Waals surface area contributed by atoms with E-state index in [1.165, 1.54) is 70.3 Å². The van der Waals surface area contributed by atoms with Crippen LogP contribution in [-0.4, -0.2) is 35.9 Å². The van der Waals surface area contributed by atoms with Crippen LogP contribution in [0.15, 0.2) is 0 Å². The van der Waals surface area contributed by atoms with Gasteiger partial charge >= 0.3 is 93.1 Å². The SMILES string of the molecule is CCCCCCCCC[Se][Na]. The molecular formula is C9H19NaSe. The van der Waals surface area contributed by atoms with Crippen molar-refractivity contribution in [2.75, 3.05) is 0 Å². The van der Waals surface area contributed by atoms with E-state index in [2.05, 4.69) is 6.92 Å². The van der Waals surface area contributed by atoms with E-state index < -0.39 is 0 Å². The molecule has 0 atom stereocenters. The summed E-state index contributed by atoms with van der Waals surface area (Å²) in [7, 11) is 1.06. The Hall–Kier alpha value is 1.52. The summed E-state index contributed by atoms with van der Waals surface area (Å²) in [6.45, 7) is 2.28. The Morgan fingerprint density at radius 1 is 0.909 bits per heavy atom. The molecule has 0 nitrogen and oxygen atoms in total. The maximum atomic E-state index is 2.28. The van der Waals surface area contributed by atoms with Crippen molar-refractivity contribution < 1.29 is 0 Å². The van der Waals surface area contributed by atoms with Crippen molar-refractivity contribution in [3.05, 3.63) is 0 Å². The third-order valence-corrected chi connectivity index (χ3v) is 5.54. The quantitative estimate of drug-likeness (QED) is 0.443. The summed E-state index contributed by atoms with van der Waals surface area (Å²) < 4.78 is 0. The van der Waals surface area contributed by atoms with Crippen LogP contribution in [0.2, 0.25) is 5.32 Å². The summed E-state index contributed by atoms with van der Waals surface area (Å²) in [5, 5.41) is 1.56. The number of hydrogen-bond donors (Lipinski definition) is 0. The molecule has 0 radical (unpaired) electrons. The Morgan fingerprint density at radius 2 is 1.45 bits per heavy atom. The standard InChI is InChI=1S/C9H20Se.Na/c1-2-3-4-5-6-7-8-9-10;/h10H,2-9H2,1H3;/q;+1/p-1. The van der Waals surface area contributed by atoms with Crippen molar-refractivity contribution in [1.82, 2.24) is 0 Å². The topological polar surface area (TPSA) is 0 Å². The zero-order valence-electron chi connectivity index (χ0n) is 8.07. The van der Waals surface area contributed by atoms with Crippen LogP contribution >= 0.6 is 0 Å². The Bertz CT molecular complexity index is 58.6. The maximum absolute atomic E-state index is 2.28. The van der Waals surface area contributed by atoms with Crippen molar-refractivity contribution in [2.24, 2.45) is 0 Å². The number of rotatable bonds is 8. The third kappa shape index (κ3) is 11.5. The van der Waals surface area contributed by atoms with Crippen LogP contribution < -0.4 is 0 Å². The van der Waals surface area contributed by atoms with Crippen LogP contribution in [0, 0.1) is 0 Å². The van der Waals surface area contributed by atoms with E-state index >= 15 is 0 Å². The molecule has 0 aromatic carbocycles. The molecule has 0 aromatic rings. The molecule has 0 heterocycles. The van der Waals surface area contributed by atoms with Crippen LogP contribution in [0.3, 0.4) is 0 Å². The van der Waals surface area contributed by atoms with E-state index in [1.54, 1.807) is 5.32 Å². The minimum atomic E-state index is 1.06. The molecule has 0 aliphatic rings. The molecule has 0 aromatic heterocycles. The van der Waals surface area contributed by atoms with Crippen LogP contribution in [0.25, 0.3) is 0 Å². The molecule has 0 saturated heterocycles. The van der Waals surface area contributed by atoms with Gasteiger partial charge in [0, 0.05) is 0 Å². The second kappa shape index (κ2) is 11.5. The molecule has 0 bridgehead atoms. The molecule has 62 valence electrons. The molecule has 0 fully saturated rings. The molecule has 0 aliphatic carbocycles. The molecule has 0 saturated carbocycles. The van der Waals surface area contributed by atoms with Crippen LogP contribution in [-0.2, 0) is 0 Å². The summed E-state index contributed by atoms with van der Waals surface area (Å²) in [5.41, 5.74) is 0. The van der Waals surface area contributed by atoms with E-state index in [9.17, 15) is 0 Å². The molecule has 0 spiro atoms. The van der Waals surface area contributed by atoms with E-state index in [0.29, 0.717) is 0 Å². The van der Waals surface area contributed by atoms with Gasteiger partial charge in [-0.25, -0.2) is 0 Å². The van der Waals surface area contributed by atoms with E-state index in [0.717, 1.165) is 10.5 Å². The monoisotopic (exact) mass is 230 g/mol. The van der Waals surface area contributed by atoms with Gasteiger partial charge in [0.1, 0.15) is 0 Å². The van der Waals surface area contributed by atoms with Gasteiger partial charge in [0.15, 0.2) is 0 Å². The average molecular weight is 229 g/mol. The predicted octanol–water partition coefficient (Wildman–Crippen LogP) is 2.94. The van der Waals surface area contributed by atoms with E-state index in [4.69, 9.17) is 0 Å². The molecule has 0 rings (SSSR count). The van der Waals surface area contributed by atoms with Gasteiger partial charge in [0.05, 0.1) is 0 Å². The zero-order valence-corrected chi connectivity index (χ0v) is 11.8. The Balaban J connectivity index is 2.69. The molecular weight excluding hydrogens is 210 g/mol. The summed E-state index contributed by atoms with van der Waals surface area (Å²) >= 11 is 1.47. The van der Waals surface area contributed by atoms with Crippen LogP contribution in [0.1, 0.15) is 51.9 Å². The second-order valence-corrected chi connectivity index (χ2v) is 8.18. The third-order valence-electron chi connectivity index (χ3n) is 1.95. The van der Waals surface area contributed by atoms with Gasteiger partial charge in [0.25, 0.3) is 0 Å². The van der Waals surface area contributed by atoms with Crippen molar-refractivity contribution in [3.63, 3.8) is 0 Å².